The molecule has 0 amide bonds. The Kier molecular flexibility index (Phi) is 5.38. The van der Waals surface area contributed by atoms with Gasteiger partial charge in [0.25, 0.3) is 0 Å². The first-order valence-electron chi connectivity index (χ1n) is 6.96. The Hall–Kier alpha value is -1.82. The molecule has 0 saturated carbocycles. The van der Waals surface area contributed by atoms with Crippen LogP contribution in [0.5, 0.6) is 0 Å². The number of aromatic nitrogens is 2. The van der Waals surface area contributed by atoms with Crippen LogP contribution >= 0.6 is 15.9 Å². The van der Waals surface area contributed by atoms with Crippen molar-refractivity contribution in [3.05, 3.63) is 35.1 Å². The number of halogens is 1. The summed E-state index contributed by atoms with van der Waals surface area (Å²) in [6.45, 7) is 3.09. The molecule has 2 rings (SSSR count). The van der Waals surface area contributed by atoms with Gasteiger partial charge in [-0.25, -0.2) is 9.97 Å². The third-order valence-electron chi connectivity index (χ3n) is 3.20. The molecule has 0 bridgehead atoms. The standard InChI is InChI=1S/C15H20BrN5/c1-3-4-9-21(2)15-13(17)14(18-10-19-15)20-12-8-6-5-7-11(12)16/h5-8,10H,3-4,9,17H2,1-2H3,(H,18,19,20). The maximum atomic E-state index is 6.21. The van der Waals surface area contributed by atoms with Crippen LogP contribution in [0.3, 0.4) is 0 Å². The maximum Gasteiger partial charge on any atom is 0.159 e. The van der Waals surface area contributed by atoms with E-state index in [1.165, 1.54) is 6.33 Å². The van der Waals surface area contributed by atoms with E-state index in [1.807, 2.05) is 31.3 Å². The molecule has 0 aliphatic rings. The number of benzene rings is 1. The molecule has 112 valence electrons. The Morgan fingerprint density at radius 2 is 2.05 bits per heavy atom. The second-order valence-corrected chi connectivity index (χ2v) is 5.69. The number of unbranched alkanes of at least 4 members (excludes halogenated alkanes) is 1. The number of nitrogens with two attached hydrogens (primary N) is 1. The van der Waals surface area contributed by atoms with Gasteiger partial charge >= 0.3 is 0 Å². The van der Waals surface area contributed by atoms with E-state index in [2.05, 4.69) is 43.0 Å². The van der Waals surface area contributed by atoms with Crippen LogP contribution in [-0.4, -0.2) is 23.6 Å². The van der Waals surface area contributed by atoms with Crippen molar-refractivity contribution in [1.82, 2.24) is 9.97 Å². The third kappa shape index (κ3) is 3.85. The van der Waals surface area contributed by atoms with Gasteiger partial charge in [0.2, 0.25) is 0 Å². The highest BCUT2D eigenvalue weighted by Crippen LogP contribution is 2.30. The van der Waals surface area contributed by atoms with Gasteiger partial charge in [-0.1, -0.05) is 25.5 Å². The van der Waals surface area contributed by atoms with E-state index in [1.54, 1.807) is 0 Å². The number of hydrogen-bond acceptors (Lipinski definition) is 5. The van der Waals surface area contributed by atoms with Gasteiger partial charge in [-0.2, -0.15) is 0 Å². The Morgan fingerprint density at radius 1 is 1.29 bits per heavy atom. The molecule has 21 heavy (non-hydrogen) atoms. The molecular weight excluding hydrogens is 330 g/mol. The average molecular weight is 350 g/mol. The molecule has 0 atom stereocenters. The molecule has 6 heteroatoms. The fourth-order valence-corrected chi connectivity index (χ4v) is 2.37. The second kappa shape index (κ2) is 7.26. The Labute approximate surface area is 133 Å². The predicted molar refractivity (Wildman–Crippen MR) is 92.0 cm³/mol. The summed E-state index contributed by atoms with van der Waals surface area (Å²) in [6.07, 6.45) is 3.78. The Bertz CT molecular complexity index is 602. The van der Waals surface area contributed by atoms with Gasteiger partial charge in [-0.05, 0) is 34.5 Å². The monoisotopic (exact) mass is 349 g/mol. The lowest BCUT2D eigenvalue weighted by atomic mass is 10.3. The normalized spacial score (nSPS) is 10.4. The van der Waals surface area contributed by atoms with Crippen molar-refractivity contribution in [2.24, 2.45) is 0 Å². The van der Waals surface area contributed by atoms with Crippen LogP contribution in [0.2, 0.25) is 0 Å². The Morgan fingerprint density at radius 3 is 2.76 bits per heavy atom. The minimum atomic E-state index is 0.562. The number of anilines is 4. The number of nitrogens with zero attached hydrogens (tertiary/aromatic N) is 3. The van der Waals surface area contributed by atoms with Gasteiger partial charge in [0, 0.05) is 18.1 Å². The van der Waals surface area contributed by atoms with Crippen molar-refractivity contribution in [3.63, 3.8) is 0 Å². The summed E-state index contributed by atoms with van der Waals surface area (Å²) in [5, 5.41) is 3.24. The molecule has 1 aromatic carbocycles. The summed E-state index contributed by atoms with van der Waals surface area (Å²) in [5.41, 5.74) is 7.69. The van der Waals surface area contributed by atoms with Gasteiger partial charge in [0.1, 0.15) is 12.0 Å². The SMILES string of the molecule is CCCCN(C)c1ncnc(Nc2ccccc2Br)c1N. The zero-order valence-corrected chi connectivity index (χ0v) is 13.9. The topological polar surface area (TPSA) is 67.1 Å². The molecule has 1 heterocycles. The fourth-order valence-electron chi connectivity index (χ4n) is 1.98. The van der Waals surface area contributed by atoms with Crippen LogP contribution in [0.4, 0.5) is 23.0 Å². The molecule has 0 radical (unpaired) electrons. The van der Waals surface area contributed by atoms with Gasteiger partial charge in [0.15, 0.2) is 11.6 Å². The summed E-state index contributed by atoms with van der Waals surface area (Å²) in [7, 11) is 2.00. The van der Waals surface area contributed by atoms with Gasteiger partial charge in [0.05, 0.1) is 5.69 Å². The van der Waals surface area contributed by atoms with E-state index in [-0.39, 0.29) is 0 Å². The third-order valence-corrected chi connectivity index (χ3v) is 3.89. The van der Waals surface area contributed by atoms with Crippen LogP contribution in [0.25, 0.3) is 0 Å². The number of nitrogens with one attached hydrogen (secondary N) is 1. The molecule has 0 fully saturated rings. The molecule has 0 saturated heterocycles. The summed E-state index contributed by atoms with van der Waals surface area (Å²) < 4.78 is 0.962. The van der Waals surface area contributed by atoms with Gasteiger partial charge in [-0.15, -0.1) is 0 Å². The molecular formula is C15H20BrN5. The lowest BCUT2D eigenvalue weighted by Gasteiger charge is -2.20. The largest absolute Gasteiger partial charge is 0.393 e. The van der Waals surface area contributed by atoms with Gasteiger partial charge < -0.3 is 16.0 Å². The van der Waals surface area contributed by atoms with E-state index >= 15 is 0 Å². The minimum absolute atomic E-state index is 0.562. The van der Waals surface area contributed by atoms with Crippen molar-refractivity contribution in [2.45, 2.75) is 19.8 Å². The quantitative estimate of drug-likeness (QED) is 0.829. The summed E-state index contributed by atoms with van der Waals surface area (Å²) in [5.74, 6) is 1.38. The van der Waals surface area contributed by atoms with Crippen LogP contribution in [0.1, 0.15) is 19.8 Å². The highest BCUT2D eigenvalue weighted by molar-refractivity contribution is 9.10. The van der Waals surface area contributed by atoms with Crippen LogP contribution in [0.15, 0.2) is 35.1 Å². The predicted octanol–water partition coefficient (Wildman–Crippen LogP) is 3.80. The molecule has 1 aromatic heterocycles. The smallest absolute Gasteiger partial charge is 0.159 e. The lowest BCUT2D eigenvalue weighted by Crippen LogP contribution is -2.21. The van der Waals surface area contributed by atoms with Crippen molar-refractivity contribution in [3.8, 4) is 0 Å². The second-order valence-electron chi connectivity index (χ2n) is 4.84. The van der Waals surface area contributed by atoms with E-state index in [9.17, 15) is 0 Å². The average Bonchev–Trinajstić information content (AvgIpc) is 2.49. The molecule has 2 aromatic rings. The fraction of sp³-hybridized carbons (Fsp3) is 0.333. The van der Waals surface area contributed by atoms with Crippen molar-refractivity contribution >= 4 is 38.9 Å². The molecule has 0 spiro atoms. The molecule has 0 aliphatic carbocycles. The van der Waals surface area contributed by atoms with E-state index in [0.717, 1.165) is 35.4 Å². The van der Waals surface area contributed by atoms with Crippen LogP contribution in [-0.2, 0) is 0 Å². The zero-order chi connectivity index (χ0) is 15.2. The summed E-state index contributed by atoms with van der Waals surface area (Å²) >= 11 is 3.50. The molecule has 3 N–H and O–H groups in total. The molecule has 5 nitrogen and oxygen atoms in total. The van der Waals surface area contributed by atoms with E-state index in [4.69, 9.17) is 5.73 Å². The van der Waals surface area contributed by atoms with Crippen LogP contribution < -0.4 is 16.0 Å². The van der Waals surface area contributed by atoms with E-state index in [0.29, 0.717) is 11.5 Å². The first-order chi connectivity index (χ1) is 10.1. The summed E-state index contributed by atoms with van der Waals surface area (Å²) in [6, 6.07) is 7.85. The number of hydrogen-bond donors (Lipinski definition) is 2. The highest BCUT2D eigenvalue weighted by Gasteiger charge is 2.12. The number of nitrogen functional groups attached to an aromatic ring is 1. The van der Waals surface area contributed by atoms with Gasteiger partial charge in [-0.3, -0.25) is 0 Å². The zero-order valence-electron chi connectivity index (χ0n) is 12.3. The number of para-hydroxylation sites is 1. The van der Waals surface area contributed by atoms with Crippen LogP contribution in [0, 0.1) is 0 Å². The summed E-state index contributed by atoms with van der Waals surface area (Å²) in [4.78, 5) is 10.6. The highest BCUT2D eigenvalue weighted by atomic mass is 79.9. The number of rotatable bonds is 6. The van der Waals surface area contributed by atoms with Crippen molar-refractivity contribution in [2.75, 3.05) is 29.5 Å². The Balaban J connectivity index is 2.23. The molecule has 0 aliphatic heterocycles. The van der Waals surface area contributed by atoms with E-state index < -0.39 is 0 Å². The first-order valence-corrected chi connectivity index (χ1v) is 7.76. The first kappa shape index (κ1) is 15.6. The minimum Gasteiger partial charge on any atom is -0.393 e. The van der Waals surface area contributed by atoms with Crippen molar-refractivity contribution in [1.29, 1.82) is 0 Å². The molecule has 0 unspecified atom stereocenters. The van der Waals surface area contributed by atoms with Crippen molar-refractivity contribution < 1.29 is 0 Å². The lowest BCUT2D eigenvalue weighted by molar-refractivity contribution is 0.759. The maximum absolute atomic E-state index is 6.21.